The van der Waals surface area contributed by atoms with Gasteiger partial charge in [0.1, 0.15) is 6.54 Å². The van der Waals surface area contributed by atoms with Gasteiger partial charge in [-0.15, -0.1) is 0 Å². The number of carbonyl (C=O) groups is 2. The molecular weight excluding hydrogens is 290 g/mol. The van der Waals surface area contributed by atoms with Gasteiger partial charge in [0.05, 0.1) is 23.2 Å². The molecule has 2 heterocycles. The number of carboxylic acids is 1. The zero-order chi connectivity index (χ0) is 15.7. The molecule has 0 saturated heterocycles. The lowest BCUT2D eigenvalue weighted by Crippen LogP contribution is -2.13. The third kappa shape index (κ3) is 2.43. The van der Waals surface area contributed by atoms with Gasteiger partial charge in [-0.25, -0.2) is 14.3 Å². The number of carboxylic acid groups (broad SMARTS) is 1. The van der Waals surface area contributed by atoms with Crippen LogP contribution < -0.4 is 5.32 Å². The van der Waals surface area contributed by atoms with E-state index >= 15 is 0 Å². The lowest BCUT2D eigenvalue weighted by Gasteiger charge is -2.01. The first-order valence-electron chi connectivity index (χ1n) is 6.59. The van der Waals surface area contributed by atoms with Gasteiger partial charge in [-0.3, -0.25) is 9.89 Å². The van der Waals surface area contributed by atoms with Crippen LogP contribution in [0.3, 0.4) is 0 Å². The predicted octanol–water partition coefficient (Wildman–Crippen LogP) is 0.884. The quantitative estimate of drug-likeness (QED) is 0.598. The number of nitrogens with one attached hydrogen (secondary N) is 2. The Kier molecular flexibility index (Phi) is 3.37. The number of anilines is 1. The van der Waals surface area contributed by atoms with Crippen molar-refractivity contribution in [2.45, 2.75) is 6.92 Å². The monoisotopic (exact) mass is 303 g/mol. The van der Waals surface area contributed by atoms with E-state index in [4.69, 9.17) is 9.84 Å². The number of H-pyrrole nitrogens is 1. The molecule has 9 nitrogen and oxygen atoms in total. The highest BCUT2D eigenvalue weighted by atomic mass is 16.5. The van der Waals surface area contributed by atoms with Crippen molar-refractivity contribution >= 4 is 34.7 Å². The fraction of sp³-hybridized carbons (Fsp3) is 0.231. The molecule has 22 heavy (non-hydrogen) atoms. The van der Waals surface area contributed by atoms with Crippen LogP contribution in [-0.4, -0.2) is 49.8 Å². The summed E-state index contributed by atoms with van der Waals surface area (Å²) < 4.78 is 6.55. The molecule has 9 heteroatoms. The third-order valence-electron chi connectivity index (χ3n) is 2.98. The van der Waals surface area contributed by atoms with Crippen LogP contribution in [0.4, 0.5) is 5.95 Å². The second-order valence-electron chi connectivity index (χ2n) is 4.49. The highest BCUT2D eigenvalue weighted by Crippen LogP contribution is 2.18. The highest BCUT2D eigenvalue weighted by molar-refractivity contribution is 5.94. The molecule has 0 radical (unpaired) electrons. The van der Waals surface area contributed by atoms with E-state index in [1.807, 2.05) is 0 Å². The van der Waals surface area contributed by atoms with Crippen molar-refractivity contribution in [1.29, 1.82) is 0 Å². The molecule has 3 rings (SSSR count). The molecule has 0 atom stereocenters. The third-order valence-corrected chi connectivity index (χ3v) is 2.98. The number of aromatic amines is 1. The van der Waals surface area contributed by atoms with Crippen LogP contribution in [0, 0.1) is 0 Å². The fourth-order valence-corrected chi connectivity index (χ4v) is 2.06. The maximum absolute atomic E-state index is 11.7. The second-order valence-corrected chi connectivity index (χ2v) is 4.49. The summed E-state index contributed by atoms with van der Waals surface area (Å²) in [6.07, 6.45) is 0. The first kappa shape index (κ1) is 13.9. The lowest BCUT2D eigenvalue weighted by molar-refractivity contribution is -0.134. The zero-order valence-corrected chi connectivity index (χ0v) is 11.7. The average Bonchev–Trinajstić information content (AvgIpc) is 3.01. The van der Waals surface area contributed by atoms with Gasteiger partial charge < -0.3 is 15.2 Å². The summed E-state index contributed by atoms with van der Waals surface area (Å²) in [4.78, 5) is 30.7. The first-order chi connectivity index (χ1) is 10.6. The summed E-state index contributed by atoms with van der Waals surface area (Å²) in [6.45, 7) is 1.80. The maximum atomic E-state index is 11.7. The smallest absolute Gasteiger partial charge is 0.338 e. The molecule has 0 unspecified atom stereocenters. The Balaban J connectivity index is 1.95. The van der Waals surface area contributed by atoms with Gasteiger partial charge >= 0.3 is 11.9 Å². The molecule has 0 amide bonds. The Morgan fingerprint density at radius 3 is 2.95 bits per heavy atom. The van der Waals surface area contributed by atoms with Crippen LogP contribution in [0.1, 0.15) is 17.3 Å². The molecule has 0 spiro atoms. The average molecular weight is 303 g/mol. The van der Waals surface area contributed by atoms with E-state index in [9.17, 15) is 9.59 Å². The predicted molar refractivity (Wildman–Crippen MR) is 76.9 cm³/mol. The number of benzene rings is 1. The molecular formula is C13H13N5O4. The Bertz CT molecular complexity index is 866. The van der Waals surface area contributed by atoms with Gasteiger partial charge in [0.2, 0.25) is 5.95 Å². The van der Waals surface area contributed by atoms with E-state index in [0.717, 1.165) is 5.52 Å². The Morgan fingerprint density at radius 1 is 1.41 bits per heavy atom. The van der Waals surface area contributed by atoms with E-state index < -0.39 is 11.9 Å². The molecule has 1 aromatic carbocycles. The minimum atomic E-state index is -0.988. The molecule has 2 aromatic heterocycles. The van der Waals surface area contributed by atoms with E-state index in [-0.39, 0.29) is 6.54 Å². The normalized spacial score (nSPS) is 11.0. The van der Waals surface area contributed by atoms with Crippen LogP contribution in [-0.2, 0) is 9.53 Å². The number of ether oxygens (including phenoxy) is 1. The maximum Gasteiger partial charge on any atom is 0.338 e. The number of esters is 1. The summed E-state index contributed by atoms with van der Waals surface area (Å²) in [5, 5.41) is 14.2. The van der Waals surface area contributed by atoms with Gasteiger partial charge in [-0.05, 0) is 25.1 Å². The molecule has 0 aliphatic carbocycles. The summed E-state index contributed by atoms with van der Waals surface area (Å²) in [5.41, 5.74) is 1.73. The summed E-state index contributed by atoms with van der Waals surface area (Å²) in [5.74, 6) is -0.707. The first-order valence-corrected chi connectivity index (χ1v) is 6.59. The summed E-state index contributed by atoms with van der Waals surface area (Å²) in [7, 11) is 0. The van der Waals surface area contributed by atoms with Gasteiger partial charge in [0.25, 0.3) is 5.78 Å². The van der Waals surface area contributed by atoms with Crippen LogP contribution in [0.25, 0.3) is 16.8 Å². The van der Waals surface area contributed by atoms with Gasteiger partial charge in [-0.2, -0.15) is 4.98 Å². The standard InChI is InChI=1S/C13H13N5O4/c1-2-22-11(21)7-3-4-9-8(5-7)15-13-16-12(17-18(9)13)14-6-10(19)20/h3-5H,2,6H2,1H3,(H,19,20)(H2,14,15,16,17). The highest BCUT2D eigenvalue weighted by Gasteiger charge is 2.13. The number of fused-ring (bicyclic) bond motifs is 3. The molecule has 0 fully saturated rings. The Hall–Kier alpha value is -3.10. The van der Waals surface area contributed by atoms with Gasteiger partial charge in [0.15, 0.2) is 0 Å². The van der Waals surface area contributed by atoms with Crippen molar-refractivity contribution < 1.29 is 19.4 Å². The molecule has 114 valence electrons. The van der Waals surface area contributed by atoms with Crippen molar-refractivity contribution in [1.82, 2.24) is 19.6 Å². The van der Waals surface area contributed by atoms with Crippen molar-refractivity contribution in [3.05, 3.63) is 23.8 Å². The van der Waals surface area contributed by atoms with Crippen molar-refractivity contribution in [3.8, 4) is 0 Å². The number of carbonyl (C=O) groups excluding carboxylic acids is 1. The Morgan fingerprint density at radius 2 is 2.23 bits per heavy atom. The summed E-state index contributed by atoms with van der Waals surface area (Å²) >= 11 is 0. The second kappa shape index (κ2) is 5.35. The largest absolute Gasteiger partial charge is 0.480 e. The van der Waals surface area contributed by atoms with Gasteiger partial charge in [-0.1, -0.05) is 0 Å². The summed E-state index contributed by atoms with van der Waals surface area (Å²) in [6, 6.07) is 4.99. The number of hydrogen-bond acceptors (Lipinski definition) is 6. The van der Waals surface area contributed by atoms with E-state index in [1.165, 1.54) is 0 Å². The topological polar surface area (TPSA) is 122 Å². The van der Waals surface area contributed by atoms with E-state index in [0.29, 0.717) is 29.4 Å². The van der Waals surface area contributed by atoms with Crippen LogP contribution in [0.2, 0.25) is 0 Å². The van der Waals surface area contributed by atoms with E-state index in [2.05, 4.69) is 20.4 Å². The number of hydrogen-bond donors (Lipinski definition) is 3. The van der Waals surface area contributed by atoms with Crippen molar-refractivity contribution in [2.75, 3.05) is 18.5 Å². The molecule has 0 aliphatic rings. The van der Waals surface area contributed by atoms with Crippen LogP contribution in [0.5, 0.6) is 0 Å². The zero-order valence-electron chi connectivity index (χ0n) is 11.7. The number of rotatable bonds is 5. The molecule has 0 saturated carbocycles. The number of aliphatic carboxylic acids is 1. The minimum Gasteiger partial charge on any atom is -0.480 e. The van der Waals surface area contributed by atoms with Crippen molar-refractivity contribution in [2.24, 2.45) is 0 Å². The fourth-order valence-electron chi connectivity index (χ4n) is 2.06. The van der Waals surface area contributed by atoms with Crippen LogP contribution in [0.15, 0.2) is 18.2 Å². The number of imidazole rings is 1. The molecule has 0 bridgehead atoms. The Labute approximate surface area is 123 Å². The number of nitrogens with zero attached hydrogens (tertiary/aromatic N) is 3. The molecule has 3 aromatic rings. The van der Waals surface area contributed by atoms with E-state index in [1.54, 1.807) is 29.6 Å². The minimum absolute atomic E-state index is 0.248. The number of aromatic nitrogens is 4. The van der Waals surface area contributed by atoms with Gasteiger partial charge in [0, 0.05) is 0 Å². The molecule has 3 N–H and O–H groups in total. The lowest BCUT2D eigenvalue weighted by atomic mass is 10.2. The van der Waals surface area contributed by atoms with Crippen LogP contribution >= 0.6 is 0 Å². The molecule has 0 aliphatic heterocycles. The SMILES string of the molecule is CCOC(=O)c1ccc2c(c1)nc1nc(NCC(=O)O)[nH]n12. The van der Waals surface area contributed by atoms with Crippen molar-refractivity contribution in [3.63, 3.8) is 0 Å².